The molecule has 0 radical (unpaired) electrons. The van der Waals surface area contributed by atoms with Crippen LogP contribution in [0.25, 0.3) is 0 Å². The maximum atomic E-state index is 13.3. The van der Waals surface area contributed by atoms with Gasteiger partial charge in [0.15, 0.2) is 17.7 Å². The normalized spacial score (nSPS) is 13.6. The van der Waals surface area contributed by atoms with Crippen LogP contribution in [0.5, 0.6) is 11.5 Å². The van der Waals surface area contributed by atoms with Gasteiger partial charge in [-0.2, -0.15) is 0 Å². The average molecular weight is 615 g/mol. The standard InChI is InChI=1S/C23H31NO4.C12H14F3N/c1-5-26-22(25)21(16-17-6-10-19(11-7-17)27-15-14-24)28-20-12-8-18(9-13-20)23(2,3)4;1-16(6-8-2-3-8)7-9-4-11(14)12(15)5-10(9)13/h6-13,21H,5,14-16,24H2,1-4H3;4-5,8H,2-3,6-7H2,1H3. The first kappa shape index (κ1) is 34.9. The minimum atomic E-state index is -1.13. The number of carbonyl (C=O) groups excluding carboxylic acids is 1. The number of nitrogens with zero attached hydrogens (tertiary/aromatic N) is 1. The highest BCUT2D eigenvalue weighted by molar-refractivity contribution is 5.75. The summed E-state index contributed by atoms with van der Waals surface area (Å²) in [5.74, 6) is -1.08. The molecular formula is C35H45F3N2O4. The van der Waals surface area contributed by atoms with Crippen molar-refractivity contribution in [2.24, 2.45) is 11.7 Å². The van der Waals surface area contributed by atoms with Gasteiger partial charge in [0.1, 0.15) is 23.9 Å². The zero-order valence-corrected chi connectivity index (χ0v) is 26.4. The number of ether oxygens (including phenoxy) is 3. The zero-order chi connectivity index (χ0) is 32.3. The number of carbonyl (C=O) groups is 1. The molecule has 0 aromatic heterocycles. The summed E-state index contributed by atoms with van der Waals surface area (Å²) < 4.78 is 55.6. The fourth-order valence-corrected chi connectivity index (χ4v) is 4.50. The summed E-state index contributed by atoms with van der Waals surface area (Å²) >= 11 is 0. The Hall–Kier alpha value is -3.56. The van der Waals surface area contributed by atoms with Crippen LogP contribution >= 0.6 is 0 Å². The Morgan fingerprint density at radius 1 is 0.955 bits per heavy atom. The largest absolute Gasteiger partial charge is 0.492 e. The minimum absolute atomic E-state index is 0.0623. The van der Waals surface area contributed by atoms with E-state index in [1.54, 1.807) is 6.92 Å². The van der Waals surface area contributed by atoms with Gasteiger partial charge in [0, 0.05) is 37.7 Å². The third-order valence-corrected chi connectivity index (χ3v) is 7.08. The van der Waals surface area contributed by atoms with Crippen molar-refractivity contribution in [3.63, 3.8) is 0 Å². The molecule has 0 amide bonds. The second-order valence-corrected chi connectivity index (χ2v) is 12.1. The number of esters is 1. The monoisotopic (exact) mass is 614 g/mol. The first-order valence-corrected chi connectivity index (χ1v) is 15.1. The predicted octanol–water partition coefficient (Wildman–Crippen LogP) is 6.82. The summed E-state index contributed by atoms with van der Waals surface area (Å²) in [6.45, 7) is 10.7. The average Bonchev–Trinajstić information content (AvgIpc) is 3.79. The predicted molar refractivity (Wildman–Crippen MR) is 166 cm³/mol. The van der Waals surface area contributed by atoms with E-state index in [2.05, 4.69) is 20.8 Å². The highest BCUT2D eigenvalue weighted by Crippen LogP contribution is 2.30. The maximum Gasteiger partial charge on any atom is 0.347 e. The Morgan fingerprint density at radius 3 is 2.14 bits per heavy atom. The van der Waals surface area contributed by atoms with Crippen LogP contribution < -0.4 is 15.2 Å². The third-order valence-electron chi connectivity index (χ3n) is 7.08. The van der Waals surface area contributed by atoms with Crippen molar-refractivity contribution in [3.05, 3.63) is 94.8 Å². The van der Waals surface area contributed by atoms with E-state index < -0.39 is 23.6 Å². The Labute approximate surface area is 259 Å². The van der Waals surface area contributed by atoms with Crippen molar-refractivity contribution in [3.8, 4) is 11.5 Å². The van der Waals surface area contributed by atoms with E-state index in [-0.39, 0.29) is 16.9 Å². The molecule has 6 nitrogen and oxygen atoms in total. The SMILES string of the molecule is CCOC(=O)C(Cc1ccc(OCCN)cc1)Oc1ccc(C(C)(C)C)cc1.CN(Cc1cc(F)c(F)cc1F)CC1CC1. The summed E-state index contributed by atoms with van der Waals surface area (Å²) in [4.78, 5) is 14.3. The van der Waals surface area contributed by atoms with Gasteiger partial charge in [-0.05, 0) is 79.6 Å². The lowest BCUT2D eigenvalue weighted by atomic mass is 9.87. The summed E-state index contributed by atoms with van der Waals surface area (Å²) in [6.07, 6.45) is 2.13. The van der Waals surface area contributed by atoms with E-state index in [9.17, 15) is 18.0 Å². The lowest BCUT2D eigenvalue weighted by Gasteiger charge is -2.21. The van der Waals surface area contributed by atoms with Gasteiger partial charge in [-0.1, -0.05) is 45.0 Å². The fourth-order valence-electron chi connectivity index (χ4n) is 4.50. The molecule has 2 N–H and O–H groups in total. The lowest BCUT2D eigenvalue weighted by molar-refractivity contribution is -0.151. The Balaban J connectivity index is 0.000000278. The van der Waals surface area contributed by atoms with Crippen molar-refractivity contribution in [1.29, 1.82) is 0 Å². The second-order valence-electron chi connectivity index (χ2n) is 12.1. The Kier molecular flexibility index (Phi) is 13.1. The molecule has 0 bridgehead atoms. The summed E-state index contributed by atoms with van der Waals surface area (Å²) in [6, 6.07) is 17.0. The molecule has 1 atom stereocenters. The molecule has 3 aromatic rings. The van der Waals surface area contributed by atoms with Crippen LogP contribution in [0.2, 0.25) is 0 Å². The van der Waals surface area contributed by atoms with Gasteiger partial charge in [-0.25, -0.2) is 18.0 Å². The van der Waals surface area contributed by atoms with E-state index >= 15 is 0 Å². The van der Waals surface area contributed by atoms with Crippen molar-refractivity contribution >= 4 is 5.97 Å². The first-order chi connectivity index (χ1) is 20.9. The van der Waals surface area contributed by atoms with Crippen LogP contribution in [0.15, 0.2) is 60.7 Å². The topological polar surface area (TPSA) is 74.0 Å². The van der Waals surface area contributed by atoms with Crippen LogP contribution in [-0.4, -0.2) is 50.3 Å². The highest BCUT2D eigenvalue weighted by atomic mass is 19.2. The number of benzene rings is 3. The molecule has 0 heterocycles. The van der Waals surface area contributed by atoms with Crippen molar-refractivity contribution < 1.29 is 32.2 Å². The lowest BCUT2D eigenvalue weighted by Crippen LogP contribution is -2.31. The number of hydrogen-bond donors (Lipinski definition) is 1. The minimum Gasteiger partial charge on any atom is -0.492 e. The summed E-state index contributed by atoms with van der Waals surface area (Å²) in [7, 11) is 1.86. The fraction of sp³-hybridized carbons (Fsp3) is 0.457. The molecule has 9 heteroatoms. The summed E-state index contributed by atoms with van der Waals surface area (Å²) in [5, 5.41) is 0. The third kappa shape index (κ3) is 11.5. The molecule has 0 aliphatic heterocycles. The Morgan fingerprint density at radius 2 is 1.57 bits per heavy atom. The van der Waals surface area contributed by atoms with Crippen LogP contribution in [-0.2, 0) is 27.9 Å². The van der Waals surface area contributed by atoms with Crippen molar-refractivity contribution in [1.82, 2.24) is 4.90 Å². The number of nitrogens with two attached hydrogens (primary N) is 1. The van der Waals surface area contributed by atoms with Crippen LogP contribution in [0, 0.1) is 23.4 Å². The van der Waals surface area contributed by atoms with Gasteiger partial charge in [0.25, 0.3) is 0 Å². The first-order valence-electron chi connectivity index (χ1n) is 15.1. The number of halogens is 3. The smallest absolute Gasteiger partial charge is 0.347 e. The van der Waals surface area contributed by atoms with Crippen LogP contribution in [0.3, 0.4) is 0 Å². The molecule has 0 spiro atoms. The van der Waals surface area contributed by atoms with Gasteiger partial charge in [0.2, 0.25) is 0 Å². The van der Waals surface area contributed by atoms with Crippen LogP contribution in [0.4, 0.5) is 13.2 Å². The zero-order valence-electron chi connectivity index (χ0n) is 26.4. The van der Waals surface area contributed by atoms with Crippen molar-refractivity contribution in [2.75, 3.05) is 33.4 Å². The molecule has 1 unspecified atom stereocenters. The quantitative estimate of drug-likeness (QED) is 0.168. The molecule has 4 rings (SSSR count). The van der Waals surface area contributed by atoms with Gasteiger partial charge in [-0.15, -0.1) is 0 Å². The maximum absolute atomic E-state index is 13.3. The van der Waals surface area contributed by atoms with E-state index in [0.29, 0.717) is 50.5 Å². The molecule has 1 saturated carbocycles. The van der Waals surface area contributed by atoms with Gasteiger partial charge in [0.05, 0.1) is 6.61 Å². The molecule has 1 aliphatic carbocycles. The molecule has 240 valence electrons. The molecule has 1 fully saturated rings. The number of hydrogen-bond acceptors (Lipinski definition) is 6. The van der Waals surface area contributed by atoms with Crippen LogP contribution in [0.1, 0.15) is 57.2 Å². The van der Waals surface area contributed by atoms with E-state index in [1.165, 1.54) is 18.4 Å². The second kappa shape index (κ2) is 16.5. The Bertz CT molecular complexity index is 1320. The van der Waals surface area contributed by atoms with Gasteiger partial charge < -0.3 is 24.8 Å². The van der Waals surface area contributed by atoms with Gasteiger partial charge in [-0.3, -0.25) is 0 Å². The van der Waals surface area contributed by atoms with Crippen molar-refractivity contribution in [2.45, 2.75) is 65.0 Å². The highest BCUT2D eigenvalue weighted by Gasteiger charge is 2.24. The van der Waals surface area contributed by atoms with E-state index in [1.807, 2.05) is 60.5 Å². The van der Waals surface area contributed by atoms with E-state index in [4.69, 9.17) is 19.9 Å². The molecule has 0 saturated heterocycles. The summed E-state index contributed by atoms with van der Waals surface area (Å²) in [5.41, 5.74) is 7.89. The number of rotatable bonds is 13. The van der Waals surface area contributed by atoms with E-state index in [0.717, 1.165) is 23.9 Å². The molecule has 3 aromatic carbocycles. The molecular weight excluding hydrogens is 569 g/mol. The van der Waals surface area contributed by atoms with Gasteiger partial charge >= 0.3 is 5.97 Å². The molecule has 1 aliphatic rings. The molecule has 44 heavy (non-hydrogen) atoms.